The second-order valence-electron chi connectivity index (χ2n) is 7.75. The number of nitrogens with zero attached hydrogens (tertiary/aromatic N) is 4. The summed E-state index contributed by atoms with van der Waals surface area (Å²) in [6, 6.07) is 4.06. The van der Waals surface area contributed by atoms with E-state index < -0.39 is 5.54 Å². The molecule has 29 heavy (non-hydrogen) atoms. The molecule has 2 fully saturated rings. The van der Waals surface area contributed by atoms with Crippen molar-refractivity contribution in [2.75, 3.05) is 32.1 Å². The first-order valence-electron chi connectivity index (χ1n) is 10.2. The van der Waals surface area contributed by atoms with Gasteiger partial charge >= 0.3 is 0 Å². The largest absolute Gasteiger partial charge is 0.481 e. The lowest BCUT2D eigenvalue weighted by Crippen LogP contribution is -2.57. The number of rotatable bonds is 7. The average Bonchev–Trinajstić information content (AvgIpc) is 3.14. The predicted octanol–water partition coefficient (Wildman–Crippen LogP) is 1.65. The van der Waals surface area contributed by atoms with Crippen molar-refractivity contribution < 1.29 is 9.53 Å². The molecule has 4 rings (SSSR count). The second-order valence-corrected chi connectivity index (χ2v) is 7.75. The van der Waals surface area contributed by atoms with Gasteiger partial charge in [-0.3, -0.25) is 14.7 Å². The van der Waals surface area contributed by atoms with Crippen LogP contribution in [0.1, 0.15) is 31.2 Å². The molecule has 4 heterocycles. The molecule has 8 heteroatoms. The summed E-state index contributed by atoms with van der Waals surface area (Å²) < 4.78 is 5.31. The Kier molecular flexibility index (Phi) is 5.89. The Morgan fingerprint density at radius 2 is 2.24 bits per heavy atom. The van der Waals surface area contributed by atoms with Crippen LogP contribution in [-0.2, 0) is 11.2 Å². The SMILES string of the molecule is COc1ncccc1CCNC(=O)[C@]12CCCCN1C[C@@H](Nc1cnccn1)C2. The normalized spacial score (nSPS) is 24.0. The lowest BCUT2D eigenvalue weighted by molar-refractivity contribution is -0.133. The van der Waals surface area contributed by atoms with Crippen molar-refractivity contribution in [3.8, 4) is 5.88 Å². The van der Waals surface area contributed by atoms with E-state index in [9.17, 15) is 4.79 Å². The Bertz CT molecular complexity index is 833. The number of hydrogen-bond donors (Lipinski definition) is 2. The van der Waals surface area contributed by atoms with Crippen LogP contribution in [0.2, 0.25) is 0 Å². The highest BCUT2D eigenvalue weighted by Gasteiger charge is 2.51. The molecule has 8 nitrogen and oxygen atoms in total. The van der Waals surface area contributed by atoms with E-state index in [1.54, 1.807) is 31.9 Å². The molecule has 0 unspecified atom stereocenters. The molecular weight excluding hydrogens is 368 g/mol. The Morgan fingerprint density at radius 1 is 1.31 bits per heavy atom. The van der Waals surface area contributed by atoms with Crippen molar-refractivity contribution in [3.05, 3.63) is 42.5 Å². The summed E-state index contributed by atoms with van der Waals surface area (Å²) in [4.78, 5) is 28.3. The molecule has 2 aromatic heterocycles. The predicted molar refractivity (Wildman–Crippen MR) is 110 cm³/mol. The van der Waals surface area contributed by atoms with Gasteiger partial charge in [-0.05, 0) is 44.7 Å². The first-order valence-corrected chi connectivity index (χ1v) is 10.2. The number of amides is 1. The van der Waals surface area contributed by atoms with Crippen LogP contribution in [0.4, 0.5) is 5.82 Å². The molecule has 0 spiro atoms. The van der Waals surface area contributed by atoms with Gasteiger partial charge in [0.15, 0.2) is 0 Å². The van der Waals surface area contributed by atoms with E-state index in [-0.39, 0.29) is 11.9 Å². The van der Waals surface area contributed by atoms with Gasteiger partial charge in [0.1, 0.15) is 11.4 Å². The number of anilines is 1. The summed E-state index contributed by atoms with van der Waals surface area (Å²) in [6.07, 6.45) is 11.4. The molecule has 0 radical (unpaired) electrons. The van der Waals surface area contributed by atoms with Gasteiger partial charge < -0.3 is 15.4 Å². The molecule has 2 aliphatic rings. The standard InChI is InChI=1S/C21H28N6O2/c1-29-19-16(5-4-8-24-19)6-9-25-20(28)21-7-2-3-12-27(21)15-17(13-21)26-18-14-22-10-11-23-18/h4-5,8,10-11,14,17H,2-3,6-7,9,12-13,15H2,1H3,(H,23,26)(H,25,28)/t17-,21+/m0/s1. The molecule has 0 aliphatic carbocycles. The Hall–Kier alpha value is -2.74. The molecule has 0 aromatic carbocycles. The highest BCUT2D eigenvalue weighted by atomic mass is 16.5. The smallest absolute Gasteiger partial charge is 0.240 e. The van der Waals surface area contributed by atoms with Gasteiger partial charge in [-0.2, -0.15) is 0 Å². The van der Waals surface area contributed by atoms with E-state index in [1.807, 2.05) is 12.1 Å². The highest BCUT2D eigenvalue weighted by molar-refractivity contribution is 5.87. The van der Waals surface area contributed by atoms with E-state index in [0.29, 0.717) is 18.8 Å². The van der Waals surface area contributed by atoms with Crippen LogP contribution in [-0.4, -0.2) is 64.1 Å². The van der Waals surface area contributed by atoms with Crippen LogP contribution in [0.15, 0.2) is 36.9 Å². The Morgan fingerprint density at radius 3 is 3.07 bits per heavy atom. The lowest BCUT2D eigenvalue weighted by atomic mass is 9.84. The number of piperidine rings is 1. The zero-order chi connectivity index (χ0) is 20.1. The van der Waals surface area contributed by atoms with E-state index in [0.717, 1.165) is 50.2 Å². The molecule has 154 valence electrons. The minimum atomic E-state index is -0.433. The van der Waals surface area contributed by atoms with Gasteiger partial charge in [-0.1, -0.05) is 6.07 Å². The third kappa shape index (κ3) is 4.17. The fourth-order valence-electron chi connectivity index (χ4n) is 4.63. The van der Waals surface area contributed by atoms with E-state index in [2.05, 4.69) is 30.5 Å². The third-order valence-electron chi connectivity index (χ3n) is 5.96. The highest BCUT2D eigenvalue weighted by Crippen LogP contribution is 2.38. The van der Waals surface area contributed by atoms with Crippen LogP contribution >= 0.6 is 0 Å². The summed E-state index contributed by atoms with van der Waals surface area (Å²) in [5, 5.41) is 6.63. The molecule has 2 N–H and O–H groups in total. The van der Waals surface area contributed by atoms with Gasteiger partial charge in [-0.15, -0.1) is 0 Å². The number of pyridine rings is 1. The monoisotopic (exact) mass is 396 g/mol. The maximum absolute atomic E-state index is 13.3. The third-order valence-corrected chi connectivity index (χ3v) is 5.96. The number of nitrogens with one attached hydrogen (secondary N) is 2. The molecule has 2 saturated heterocycles. The van der Waals surface area contributed by atoms with Crippen molar-refractivity contribution in [1.82, 2.24) is 25.2 Å². The van der Waals surface area contributed by atoms with Gasteiger partial charge in [0, 0.05) is 43.3 Å². The maximum Gasteiger partial charge on any atom is 0.240 e. The van der Waals surface area contributed by atoms with Crippen molar-refractivity contribution >= 4 is 11.7 Å². The summed E-state index contributed by atoms with van der Waals surface area (Å²) in [7, 11) is 1.62. The molecule has 0 saturated carbocycles. The number of carbonyl (C=O) groups excluding carboxylic acids is 1. The minimum absolute atomic E-state index is 0.128. The molecule has 2 aromatic rings. The minimum Gasteiger partial charge on any atom is -0.481 e. The number of methoxy groups -OCH3 is 1. The molecule has 2 atom stereocenters. The molecular formula is C21H28N6O2. The fraction of sp³-hybridized carbons (Fsp3) is 0.524. The summed E-state index contributed by atoms with van der Waals surface area (Å²) in [6.45, 7) is 2.38. The van der Waals surface area contributed by atoms with E-state index >= 15 is 0 Å². The molecule has 2 aliphatic heterocycles. The van der Waals surface area contributed by atoms with Crippen LogP contribution in [0, 0.1) is 0 Å². The van der Waals surface area contributed by atoms with Crippen LogP contribution < -0.4 is 15.4 Å². The first-order chi connectivity index (χ1) is 14.2. The van der Waals surface area contributed by atoms with Gasteiger partial charge in [0.2, 0.25) is 11.8 Å². The van der Waals surface area contributed by atoms with Crippen LogP contribution in [0.3, 0.4) is 0 Å². The Labute approximate surface area is 171 Å². The zero-order valence-electron chi connectivity index (χ0n) is 16.8. The molecule has 1 amide bonds. The second kappa shape index (κ2) is 8.73. The number of aromatic nitrogens is 3. The number of hydrogen-bond acceptors (Lipinski definition) is 7. The average molecular weight is 396 g/mol. The fourth-order valence-corrected chi connectivity index (χ4v) is 4.63. The quantitative estimate of drug-likeness (QED) is 0.735. The number of ether oxygens (including phenoxy) is 1. The van der Waals surface area contributed by atoms with Crippen LogP contribution in [0.5, 0.6) is 5.88 Å². The summed E-state index contributed by atoms with van der Waals surface area (Å²) in [5.41, 5.74) is 0.568. The molecule has 0 bridgehead atoms. The van der Waals surface area contributed by atoms with Gasteiger partial charge in [0.25, 0.3) is 0 Å². The lowest BCUT2D eigenvalue weighted by Gasteiger charge is -2.40. The topological polar surface area (TPSA) is 92.3 Å². The summed E-state index contributed by atoms with van der Waals surface area (Å²) >= 11 is 0. The van der Waals surface area contributed by atoms with Crippen molar-refractivity contribution in [1.29, 1.82) is 0 Å². The van der Waals surface area contributed by atoms with E-state index in [4.69, 9.17) is 4.74 Å². The Balaban J connectivity index is 1.40. The number of fused-ring (bicyclic) bond motifs is 1. The van der Waals surface area contributed by atoms with Crippen molar-refractivity contribution in [2.45, 2.75) is 43.7 Å². The number of carbonyl (C=O) groups is 1. The van der Waals surface area contributed by atoms with E-state index in [1.165, 1.54) is 0 Å². The van der Waals surface area contributed by atoms with Gasteiger partial charge in [-0.25, -0.2) is 9.97 Å². The maximum atomic E-state index is 13.3. The van der Waals surface area contributed by atoms with Gasteiger partial charge in [0.05, 0.1) is 13.3 Å². The van der Waals surface area contributed by atoms with Crippen molar-refractivity contribution in [3.63, 3.8) is 0 Å². The summed E-state index contributed by atoms with van der Waals surface area (Å²) in [5.74, 6) is 1.51. The van der Waals surface area contributed by atoms with Crippen LogP contribution in [0.25, 0.3) is 0 Å². The van der Waals surface area contributed by atoms with Crippen molar-refractivity contribution in [2.24, 2.45) is 0 Å². The first kappa shape index (κ1) is 19.6. The zero-order valence-corrected chi connectivity index (χ0v) is 16.8.